The molecule has 10 nitrogen and oxygen atoms in total. The molecule has 11 heteroatoms. The Morgan fingerprint density at radius 3 is 2.18 bits per heavy atom. The van der Waals surface area contributed by atoms with E-state index in [2.05, 4.69) is 0 Å². The van der Waals surface area contributed by atoms with E-state index in [1.54, 1.807) is 0 Å². The van der Waals surface area contributed by atoms with Gasteiger partial charge in [-0.3, -0.25) is 4.55 Å². The molecule has 4 fully saturated rings. The third-order valence-corrected chi connectivity index (χ3v) is 12.1. The van der Waals surface area contributed by atoms with E-state index in [-0.39, 0.29) is 30.8 Å². The summed E-state index contributed by atoms with van der Waals surface area (Å²) in [7, 11) is -5.02. The lowest BCUT2D eigenvalue weighted by atomic mass is 9.41. The van der Waals surface area contributed by atoms with Crippen molar-refractivity contribution < 1.29 is 47.8 Å². The zero-order chi connectivity index (χ0) is 29.3. The normalized spacial score (nSPS) is 50.6. The fraction of sp³-hybridized carbons (Fsp3) is 0.929. The van der Waals surface area contributed by atoms with E-state index in [9.17, 15) is 43.6 Å². The summed E-state index contributed by atoms with van der Waals surface area (Å²) in [6.07, 6.45) is -0.678. The van der Waals surface area contributed by atoms with E-state index in [0.29, 0.717) is 25.7 Å². The van der Waals surface area contributed by atoms with E-state index >= 15 is 0 Å². The first-order chi connectivity index (χ1) is 17.9. The highest BCUT2D eigenvalue weighted by Gasteiger charge is 2.76. The molecule has 7 N–H and O–H groups in total. The summed E-state index contributed by atoms with van der Waals surface area (Å²) < 4.78 is 38.4. The molecule has 0 aromatic heterocycles. The van der Waals surface area contributed by atoms with E-state index in [1.165, 1.54) is 0 Å². The fourth-order valence-electron chi connectivity index (χ4n) is 9.44. The van der Waals surface area contributed by atoms with Crippen molar-refractivity contribution >= 4 is 10.4 Å². The van der Waals surface area contributed by atoms with Crippen molar-refractivity contribution in [2.45, 2.75) is 103 Å². The van der Waals surface area contributed by atoms with Crippen LogP contribution in [0.15, 0.2) is 12.2 Å². The van der Waals surface area contributed by atoms with Crippen LogP contribution >= 0.6 is 0 Å². The van der Waals surface area contributed by atoms with E-state index in [0.717, 1.165) is 0 Å². The first-order valence-electron chi connectivity index (χ1n) is 14.3. The average molecular weight is 577 g/mol. The maximum Gasteiger partial charge on any atom is 0.397 e. The van der Waals surface area contributed by atoms with Gasteiger partial charge in [-0.15, -0.1) is 0 Å². The van der Waals surface area contributed by atoms with Crippen LogP contribution in [0, 0.1) is 52.3 Å². The Hall–Kier alpha value is -0.630. The third kappa shape index (κ3) is 4.93. The Morgan fingerprint density at radius 2 is 1.59 bits per heavy atom. The third-order valence-electron chi connectivity index (χ3n) is 11.6. The van der Waals surface area contributed by atoms with Crippen LogP contribution in [0.25, 0.3) is 0 Å². The molecule has 0 aliphatic heterocycles. The summed E-state index contributed by atoms with van der Waals surface area (Å²) >= 11 is 0. The van der Waals surface area contributed by atoms with Gasteiger partial charge < -0.3 is 30.6 Å². The van der Waals surface area contributed by atoms with Crippen LogP contribution in [-0.4, -0.2) is 86.3 Å². The van der Waals surface area contributed by atoms with Crippen molar-refractivity contribution in [2.24, 2.45) is 52.3 Å². The highest BCUT2D eigenvalue weighted by atomic mass is 32.3. The Labute approximate surface area is 232 Å². The van der Waals surface area contributed by atoms with Gasteiger partial charge in [0.15, 0.2) is 0 Å². The molecule has 4 aliphatic rings. The first-order valence-corrected chi connectivity index (χ1v) is 15.7. The zero-order valence-corrected chi connectivity index (χ0v) is 24.4. The molecule has 4 saturated carbocycles. The Kier molecular flexibility index (Phi) is 8.49. The largest absolute Gasteiger partial charge is 0.397 e. The van der Waals surface area contributed by atoms with Gasteiger partial charge in [-0.05, 0) is 78.4 Å². The summed E-state index contributed by atoms with van der Waals surface area (Å²) in [4.78, 5) is 0. The minimum absolute atomic E-state index is 0.0420. The SMILES string of the molecule is CC(CO)[C@@H](C)C=C[C@@H](C)[C@H]1[C@@H](O)[C@H](O)[C@@H]2[C@]1(C)CC[C@@H]1[C@@]3(C)CC[C@H](O)C[C@@H]3C(OS(=O)(=O)O)C(O)[C@]12O. The van der Waals surface area contributed by atoms with Crippen LogP contribution in [0.4, 0.5) is 0 Å². The lowest BCUT2D eigenvalue weighted by Crippen LogP contribution is -2.75. The second kappa shape index (κ2) is 10.6. The molecular formula is C28H48O10S. The second-order valence-corrected chi connectivity index (χ2v) is 14.8. The molecule has 0 saturated heterocycles. The zero-order valence-electron chi connectivity index (χ0n) is 23.6. The number of allylic oxidation sites excluding steroid dienone is 2. The standard InChI is InChI=1S/C28H48O10S/c1-14(16(3)13-29)6-7-15(2)20-21(31)22(32)24-27(20,5)11-9-19-26(4)10-8-17(30)12-18(26)23(38-39(35,36)37)25(33)28(19,24)34/h6-7,14-25,29-34H,8-13H2,1-5H3,(H,35,36,37)/t14-,15+,16?,17-,18+,19+,20-,21+,22-,23?,24+,25?,26-,27+,28-/m0/s1. The molecular weight excluding hydrogens is 528 g/mol. The van der Waals surface area contributed by atoms with Crippen LogP contribution in [0.2, 0.25) is 0 Å². The predicted octanol–water partition coefficient (Wildman–Crippen LogP) is 1.29. The first kappa shape index (κ1) is 31.3. The van der Waals surface area contributed by atoms with Crippen LogP contribution < -0.4 is 0 Å². The van der Waals surface area contributed by atoms with Crippen LogP contribution in [0.5, 0.6) is 0 Å². The van der Waals surface area contributed by atoms with Gasteiger partial charge in [0.25, 0.3) is 0 Å². The van der Waals surface area contributed by atoms with Gasteiger partial charge >= 0.3 is 10.4 Å². The van der Waals surface area contributed by atoms with Gasteiger partial charge in [0.05, 0.1) is 18.3 Å². The van der Waals surface area contributed by atoms with Crippen molar-refractivity contribution in [3.63, 3.8) is 0 Å². The van der Waals surface area contributed by atoms with E-state index in [1.807, 2.05) is 46.8 Å². The van der Waals surface area contributed by atoms with Crippen LogP contribution in [-0.2, 0) is 14.6 Å². The van der Waals surface area contributed by atoms with Gasteiger partial charge in [0.1, 0.15) is 17.8 Å². The van der Waals surface area contributed by atoms with Gasteiger partial charge in [-0.1, -0.05) is 46.8 Å². The monoisotopic (exact) mass is 576 g/mol. The molecule has 0 aromatic rings. The number of rotatable bonds is 7. The smallest absolute Gasteiger partial charge is 0.396 e. The Morgan fingerprint density at radius 1 is 0.974 bits per heavy atom. The molecule has 0 spiro atoms. The molecule has 4 aliphatic carbocycles. The fourth-order valence-corrected chi connectivity index (χ4v) is 9.96. The summed E-state index contributed by atoms with van der Waals surface area (Å²) in [6, 6.07) is 0. The number of aliphatic hydroxyl groups excluding tert-OH is 5. The molecule has 3 unspecified atom stereocenters. The highest BCUT2D eigenvalue weighted by Crippen LogP contribution is 2.70. The minimum atomic E-state index is -5.02. The molecule has 0 amide bonds. The minimum Gasteiger partial charge on any atom is -0.396 e. The van der Waals surface area contributed by atoms with Crippen LogP contribution in [0.3, 0.4) is 0 Å². The summed E-state index contributed by atoms with van der Waals surface area (Å²) in [6.45, 7) is 9.73. The number of hydrogen-bond donors (Lipinski definition) is 7. The van der Waals surface area contributed by atoms with Gasteiger partial charge in [0.2, 0.25) is 0 Å². The Balaban J connectivity index is 1.77. The van der Waals surface area contributed by atoms with Gasteiger partial charge in [-0.25, -0.2) is 4.18 Å². The van der Waals surface area contributed by atoms with Crippen LogP contribution in [0.1, 0.15) is 66.7 Å². The maximum absolute atomic E-state index is 12.6. The number of fused-ring (bicyclic) bond motifs is 5. The van der Waals surface area contributed by atoms with Crippen molar-refractivity contribution in [2.75, 3.05) is 6.61 Å². The molecule has 0 radical (unpaired) electrons. The number of hydrogen-bond acceptors (Lipinski definition) is 9. The summed E-state index contributed by atoms with van der Waals surface area (Å²) in [5.41, 5.74) is -3.60. The lowest BCUT2D eigenvalue weighted by molar-refractivity contribution is -0.305. The molecule has 4 rings (SSSR count). The Bertz CT molecular complexity index is 1040. The van der Waals surface area contributed by atoms with Gasteiger partial charge in [-0.2, -0.15) is 8.42 Å². The molecule has 226 valence electrons. The van der Waals surface area contributed by atoms with Crippen molar-refractivity contribution in [1.29, 1.82) is 0 Å². The second-order valence-electron chi connectivity index (χ2n) is 13.7. The van der Waals surface area contributed by atoms with E-state index < -0.39 is 81.0 Å². The van der Waals surface area contributed by atoms with Crippen molar-refractivity contribution in [3.8, 4) is 0 Å². The molecule has 0 bridgehead atoms. The summed E-state index contributed by atoms with van der Waals surface area (Å²) in [5.74, 6) is -2.77. The molecule has 15 atom stereocenters. The molecule has 39 heavy (non-hydrogen) atoms. The van der Waals surface area contributed by atoms with E-state index in [4.69, 9.17) is 4.18 Å². The van der Waals surface area contributed by atoms with Crippen molar-refractivity contribution in [1.82, 2.24) is 0 Å². The maximum atomic E-state index is 12.6. The van der Waals surface area contributed by atoms with Crippen molar-refractivity contribution in [3.05, 3.63) is 12.2 Å². The highest BCUT2D eigenvalue weighted by molar-refractivity contribution is 7.80. The quantitative estimate of drug-likeness (QED) is 0.172. The average Bonchev–Trinajstić information content (AvgIpc) is 3.05. The summed E-state index contributed by atoms with van der Waals surface area (Å²) in [5, 5.41) is 67.1. The number of aliphatic hydroxyl groups is 6. The predicted molar refractivity (Wildman–Crippen MR) is 142 cm³/mol. The topological polar surface area (TPSA) is 185 Å². The molecule has 0 aromatic carbocycles. The lowest BCUT2D eigenvalue weighted by Gasteiger charge is -2.67. The molecule has 0 heterocycles. The van der Waals surface area contributed by atoms with Gasteiger partial charge in [0, 0.05) is 12.5 Å².